The van der Waals surface area contributed by atoms with Gasteiger partial charge in [0.15, 0.2) is 17.0 Å². The van der Waals surface area contributed by atoms with E-state index in [0.717, 1.165) is 12.7 Å². The van der Waals surface area contributed by atoms with Gasteiger partial charge in [0.05, 0.1) is 25.1 Å². The Balaban J connectivity index is 0.000000550. The van der Waals surface area contributed by atoms with E-state index in [1.807, 2.05) is 4.57 Å². The lowest BCUT2D eigenvalue weighted by atomic mass is 10.1. The molecule has 0 spiro atoms. The molecule has 0 radical (unpaired) electrons. The van der Waals surface area contributed by atoms with Gasteiger partial charge >= 0.3 is 8.53 Å². The number of imidazole rings is 1. The van der Waals surface area contributed by atoms with Crippen LogP contribution in [0.25, 0.3) is 11.2 Å². The number of methoxy groups -OCH3 is 1. The van der Waals surface area contributed by atoms with Gasteiger partial charge in [0.2, 0.25) is 5.95 Å². The summed E-state index contributed by atoms with van der Waals surface area (Å²) in [6, 6.07) is 7.10. The minimum Gasteiger partial charge on any atom is -0.436 e. The highest BCUT2D eigenvalue weighted by molar-refractivity contribution is 7.82. The molecule has 0 amide bonds. The van der Waals surface area contributed by atoms with E-state index in [4.69, 9.17) is 40.7 Å². The second kappa shape index (κ2) is 20.6. The minimum absolute atomic E-state index is 0.0602. The van der Waals surface area contributed by atoms with Crippen molar-refractivity contribution in [2.45, 2.75) is 71.8 Å². The number of nitrogens with one attached hydrogen (secondary N) is 3. The summed E-state index contributed by atoms with van der Waals surface area (Å²) in [4.78, 5) is 24.3. The normalized spacial score (nSPS) is 20.0. The van der Waals surface area contributed by atoms with Gasteiger partial charge in [-0.2, -0.15) is 14.8 Å². The second-order valence-corrected chi connectivity index (χ2v) is 12.9. The fraction of sp³-hybridized carbons (Fsp3) is 0.571. The molecule has 2 fully saturated rings. The number of carbonyl (C=O) groups excluding carboxylic acids is 1. The Kier molecular flexibility index (Phi) is 17.7. The van der Waals surface area contributed by atoms with Crippen LogP contribution in [-0.4, -0.2) is 69.2 Å². The Hall–Kier alpha value is -2.49. The van der Waals surface area contributed by atoms with Crippen molar-refractivity contribution < 1.29 is 27.5 Å². The third-order valence-electron chi connectivity index (χ3n) is 5.90. The van der Waals surface area contributed by atoms with Crippen LogP contribution in [0.4, 0.5) is 11.8 Å². The van der Waals surface area contributed by atoms with Crippen molar-refractivity contribution in [1.82, 2.24) is 29.4 Å². The van der Waals surface area contributed by atoms with Crippen LogP contribution in [0.15, 0.2) is 30.6 Å². The molecule has 1 aliphatic carbocycles. The first kappa shape index (κ1) is 38.7. The number of aromatic nitrogens is 4. The van der Waals surface area contributed by atoms with Gasteiger partial charge in [-0.05, 0) is 57.5 Å². The second-order valence-electron chi connectivity index (χ2n) is 10.00. The van der Waals surface area contributed by atoms with Gasteiger partial charge in [0, 0.05) is 24.3 Å². The average Bonchev–Trinajstić information content (AvgIpc) is 3.66. The number of nitrogens with two attached hydrogens (primary N) is 1. The molecular weight excluding hydrogens is 643 g/mol. The first-order valence-corrected chi connectivity index (χ1v) is 17.7. The van der Waals surface area contributed by atoms with Crippen molar-refractivity contribution in [1.29, 1.82) is 0 Å². The van der Waals surface area contributed by atoms with Crippen molar-refractivity contribution in [3.8, 4) is 5.75 Å². The molecule has 3 heterocycles. The SMILES string of the molecule is CC=O.CCC.CNP(OCC1CC(C)[C@H](n2cnc3c(NNS(C)=O)nc(N)nc32)O1)Oc1ccc(Cl)cc1.COC1CC1. The van der Waals surface area contributed by atoms with Crippen LogP contribution in [0.1, 0.15) is 59.6 Å². The maximum Gasteiger partial charge on any atom is 0.317 e. The molecule has 1 aromatic carbocycles. The molecule has 5 rings (SSSR count). The van der Waals surface area contributed by atoms with E-state index >= 15 is 0 Å². The number of aldehydes is 1. The fourth-order valence-corrected chi connectivity index (χ4v) is 5.13. The number of anilines is 2. The van der Waals surface area contributed by atoms with E-state index in [-0.39, 0.29) is 24.2 Å². The van der Waals surface area contributed by atoms with Gasteiger partial charge in [-0.25, -0.2) is 14.3 Å². The highest BCUT2D eigenvalue weighted by Crippen LogP contribution is 2.40. The average molecular weight is 689 g/mol. The molecule has 2 aromatic heterocycles. The van der Waals surface area contributed by atoms with Gasteiger partial charge in [0.1, 0.15) is 29.2 Å². The summed E-state index contributed by atoms with van der Waals surface area (Å²) in [5.41, 5.74) is 9.66. The van der Waals surface area contributed by atoms with Crippen LogP contribution < -0.4 is 25.6 Å². The van der Waals surface area contributed by atoms with E-state index in [9.17, 15) is 4.21 Å². The molecule has 0 bridgehead atoms. The maximum absolute atomic E-state index is 11.4. The molecule has 5 atom stereocenters. The maximum atomic E-state index is 11.4. The minimum atomic E-state index is -1.35. The summed E-state index contributed by atoms with van der Waals surface area (Å²) in [5, 5.41) is 3.69. The lowest BCUT2D eigenvalue weighted by Gasteiger charge is -2.20. The summed E-state index contributed by atoms with van der Waals surface area (Å²) in [5.74, 6) is 1.22. The quantitative estimate of drug-likeness (QED) is 0.118. The molecule has 252 valence electrons. The molecule has 1 saturated carbocycles. The number of benzene rings is 1. The highest BCUT2D eigenvalue weighted by Gasteiger charge is 2.35. The number of fused-ring (bicyclic) bond motifs is 1. The molecule has 1 saturated heterocycles. The number of halogens is 1. The summed E-state index contributed by atoms with van der Waals surface area (Å²) >= 11 is 5.93. The van der Waals surface area contributed by atoms with Crippen LogP contribution in [0.3, 0.4) is 0 Å². The van der Waals surface area contributed by atoms with E-state index in [0.29, 0.717) is 40.5 Å². The van der Waals surface area contributed by atoms with Gasteiger partial charge in [0.25, 0.3) is 0 Å². The molecule has 5 N–H and O–H groups in total. The number of hydrazine groups is 1. The first-order chi connectivity index (χ1) is 21.6. The topological polar surface area (TPSA) is 177 Å². The summed E-state index contributed by atoms with van der Waals surface area (Å²) in [6.45, 7) is 8.14. The van der Waals surface area contributed by atoms with Crippen LogP contribution in [-0.2, 0) is 29.8 Å². The predicted molar refractivity (Wildman–Crippen MR) is 180 cm³/mol. The summed E-state index contributed by atoms with van der Waals surface area (Å²) in [6.07, 6.45) is 8.66. The van der Waals surface area contributed by atoms with Crippen LogP contribution in [0.2, 0.25) is 5.02 Å². The lowest BCUT2D eigenvalue weighted by molar-refractivity contribution is -0.106. The van der Waals surface area contributed by atoms with Gasteiger partial charge in [-0.1, -0.05) is 38.8 Å². The number of hydrogen-bond acceptors (Lipinski definition) is 12. The van der Waals surface area contributed by atoms with E-state index < -0.39 is 19.5 Å². The Morgan fingerprint density at radius 3 is 2.42 bits per heavy atom. The number of carbonyl (C=O) groups is 1. The van der Waals surface area contributed by atoms with Crippen LogP contribution in [0, 0.1) is 5.92 Å². The van der Waals surface area contributed by atoms with E-state index in [2.05, 4.69) is 51.1 Å². The lowest BCUT2D eigenvalue weighted by Crippen LogP contribution is -2.24. The van der Waals surface area contributed by atoms with Crippen LogP contribution >= 0.6 is 20.1 Å². The third-order valence-corrected chi connectivity index (χ3v) is 7.67. The fourth-order valence-electron chi connectivity index (χ4n) is 3.87. The Morgan fingerprint density at radius 2 is 1.89 bits per heavy atom. The van der Waals surface area contributed by atoms with Crippen molar-refractivity contribution in [2.24, 2.45) is 5.92 Å². The van der Waals surface area contributed by atoms with Crippen molar-refractivity contribution >= 4 is 60.3 Å². The van der Waals surface area contributed by atoms with Crippen molar-refractivity contribution in [3.05, 3.63) is 35.6 Å². The molecule has 3 aromatic rings. The predicted octanol–water partition coefficient (Wildman–Crippen LogP) is 5.15. The largest absolute Gasteiger partial charge is 0.436 e. The Bertz CT molecular complexity index is 1320. The molecular formula is C28H46ClN8O6PS. The van der Waals surface area contributed by atoms with Crippen molar-refractivity contribution in [2.75, 3.05) is 38.2 Å². The number of nitrogens with zero attached hydrogens (tertiary/aromatic N) is 4. The monoisotopic (exact) mass is 688 g/mol. The zero-order chi connectivity index (χ0) is 33.4. The molecule has 1 aliphatic heterocycles. The van der Waals surface area contributed by atoms with Crippen LogP contribution in [0.5, 0.6) is 5.75 Å². The third kappa shape index (κ3) is 13.4. The Morgan fingerprint density at radius 1 is 1.24 bits per heavy atom. The number of hydrogen-bond donors (Lipinski definition) is 4. The molecule has 4 unspecified atom stereocenters. The molecule has 2 aliphatic rings. The molecule has 17 heteroatoms. The summed E-state index contributed by atoms with van der Waals surface area (Å²) in [7, 11) is 0.890. The van der Waals surface area contributed by atoms with Gasteiger partial charge < -0.3 is 29.0 Å². The van der Waals surface area contributed by atoms with Gasteiger partial charge in [-0.3, -0.25) is 9.99 Å². The zero-order valence-electron chi connectivity index (χ0n) is 26.9. The molecule has 14 nitrogen and oxygen atoms in total. The standard InChI is InChI=1S/C19H26ClN8O4PS.C4H8O.C3H8.C2H4O/c1-11-8-14(9-30-33(22-2)32-13-6-4-12(20)5-7-13)31-18(11)28-10-23-15-16(26-27-34(3)29)24-19(21)25-17(15)28;1-5-4-2-3-4;1-3-2;1-2-3/h4-7,10-11,14,18,22,27H,8-9H2,1-3H3,(H3,21,24,25,26);4H,2-3H2,1H3;3H2,1-2H3;2H,1H3/t11?,14?,18-,33?,34?;;;/m1.../s1. The van der Waals surface area contributed by atoms with E-state index in [1.165, 1.54) is 32.4 Å². The number of ether oxygens (including phenoxy) is 2. The summed E-state index contributed by atoms with van der Waals surface area (Å²) < 4.78 is 36.2. The highest BCUT2D eigenvalue weighted by atomic mass is 35.5. The van der Waals surface area contributed by atoms with Crippen molar-refractivity contribution in [3.63, 3.8) is 0 Å². The number of nitrogen functional groups attached to an aromatic ring is 1. The smallest absolute Gasteiger partial charge is 0.317 e. The van der Waals surface area contributed by atoms with Gasteiger partial charge in [-0.15, -0.1) is 0 Å². The van der Waals surface area contributed by atoms with E-state index in [1.54, 1.807) is 44.8 Å². The Labute approximate surface area is 274 Å². The first-order valence-electron chi connectivity index (χ1n) is 14.6. The number of rotatable bonds is 11. The molecule has 45 heavy (non-hydrogen) atoms. The zero-order valence-corrected chi connectivity index (χ0v) is 29.3.